The molecule has 0 aliphatic carbocycles. The first-order chi connectivity index (χ1) is 13.0. The van der Waals surface area contributed by atoms with Gasteiger partial charge in [-0.25, -0.2) is 4.98 Å². The van der Waals surface area contributed by atoms with Crippen LogP contribution in [0.1, 0.15) is 30.9 Å². The molecule has 2 aromatic rings. The van der Waals surface area contributed by atoms with Crippen molar-refractivity contribution in [2.24, 2.45) is 0 Å². The number of nitrogens with one attached hydrogen (secondary N) is 1. The lowest BCUT2D eigenvalue weighted by molar-refractivity contribution is -0.143. The van der Waals surface area contributed by atoms with Gasteiger partial charge in [0.15, 0.2) is 0 Å². The van der Waals surface area contributed by atoms with Crippen molar-refractivity contribution in [3.05, 3.63) is 53.7 Å². The van der Waals surface area contributed by atoms with Crippen LogP contribution >= 0.6 is 0 Å². The molecule has 2 heterocycles. The van der Waals surface area contributed by atoms with Gasteiger partial charge in [-0.1, -0.05) is 38.1 Å². The molecule has 0 unspecified atom stereocenters. The fraction of sp³-hybridized carbons (Fsp3) is 0.381. The standard InChI is InChI=1S/C21H26N4O2/c1-15(2)17-8-6-7-16(3)19(17)23-20(26)21(27)25-13-11-24(12-14-25)18-9-4-5-10-22-18/h4-10,15H,11-14H2,1-3H3,(H,23,26). The van der Waals surface area contributed by atoms with E-state index in [4.69, 9.17) is 0 Å². The smallest absolute Gasteiger partial charge is 0.313 e. The van der Waals surface area contributed by atoms with Crippen LogP contribution in [0.3, 0.4) is 0 Å². The van der Waals surface area contributed by atoms with E-state index in [9.17, 15) is 9.59 Å². The Labute approximate surface area is 160 Å². The van der Waals surface area contributed by atoms with Crippen molar-refractivity contribution < 1.29 is 9.59 Å². The Hall–Kier alpha value is -2.89. The summed E-state index contributed by atoms with van der Waals surface area (Å²) in [7, 11) is 0. The quantitative estimate of drug-likeness (QED) is 0.849. The third-order valence-corrected chi connectivity index (χ3v) is 4.90. The molecule has 0 radical (unpaired) electrons. The zero-order chi connectivity index (χ0) is 19.4. The number of pyridine rings is 1. The molecule has 0 spiro atoms. The van der Waals surface area contributed by atoms with Crippen molar-refractivity contribution in [1.29, 1.82) is 0 Å². The first-order valence-electron chi connectivity index (χ1n) is 9.33. The first kappa shape index (κ1) is 18.9. The van der Waals surface area contributed by atoms with Gasteiger partial charge in [0.1, 0.15) is 5.82 Å². The maximum Gasteiger partial charge on any atom is 0.313 e. The van der Waals surface area contributed by atoms with Gasteiger partial charge in [-0.2, -0.15) is 0 Å². The second-order valence-electron chi connectivity index (χ2n) is 7.12. The number of benzene rings is 1. The number of piperazine rings is 1. The number of nitrogens with zero attached hydrogens (tertiary/aromatic N) is 3. The number of hydrogen-bond acceptors (Lipinski definition) is 4. The Morgan fingerprint density at radius 2 is 1.78 bits per heavy atom. The Bertz CT molecular complexity index is 812. The summed E-state index contributed by atoms with van der Waals surface area (Å²) in [6.45, 7) is 8.43. The molecule has 0 atom stereocenters. The number of aryl methyl sites for hydroxylation is 1. The first-order valence-corrected chi connectivity index (χ1v) is 9.33. The monoisotopic (exact) mass is 366 g/mol. The molecule has 1 N–H and O–H groups in total. The van der Waals surface area contributed by atoms with Crippen molar-refractivity contribution in [2.75, 3.05) is 36.4 Å². The van der Waals surface area contributed by atoms with Crippen LogP contribution in [-0.4, -0.2) is 47.9 Å². The zero-order valence-electron chi connectivity index (χ0n) is 16.1. The van der Waals surface area contributed by atoms with Crippen LogP contribution in [-0.2, 0) is 9.59 Å². The highest BCUT2D eigenvalue weighted by Crippen LogP contribution is 2.27. The maximum absolute atomic E-state index is 12.6. The number of carbonyl (C=O) groups excluding carboxylic acids is 2. The van der Waals surface area contributed by atoms with Crippen LogP contribution < -0.4 is 10.2 Å². The van der Waals surface area contributed by atoms with Gasteiger partial charge in [-0.05, 0) is 36.1 Å². The van der Waals surface area contributed by atoms with Gasteiger partial charge in [0, 0.05) is 38.1 Å². The molecule has 1 aromatic carbocycles. The average molecular weight is 366 g/mol. The molecular formula is C21H26N4O2. The number of anilines is 2. The van der Waals surface area contributed by atoms with Crippen molar-refractivity contribution in [3.8, 4) is 0 Å². The van der Waals surface area contributed by atoms with Crippen molar-refractivity contribution in [2.45, 2.75) is 26.7 Å². The fourth-order valence-electron chi connectivity index (χ4n) is 3.33. The highest BCUT2D eigenvalue weighted by atomic mass is 16.2. The minimum absolute atomic E-state index is 0.261. The van der Waals surface area contributed by atoms with Gasteiger partial charge in [0.2, 0.25) is 0 Å². The lowest BCUT2D eigenvalue weighted by Crippen LogP contribution is -2.51. The Morgan fingerprint density at radius 1 is 1.04 bits per heavy atom. The lowest BCUT2D eigenvalue weighted by atomic mass is 9.98. The molecular weight excluding hydrogens is 340 g/mol. The number of hydrogen-bond donors (Lipinski definition) is 1. The summed E-state index contributed by atoms with van der Waals surface area (Å²) in [5, 5.41) is 2.84. The number of aromatic nitrogens is 1. The van der Waals surface area contributed by atoms with Crippen LogP contribution in [0.2, 0.25) is 0 Å². The van der Waals surface area contributed by atoms with Crippen LogP contribution in [0.5, 0.6) is 0 Å². The number of rotatable bonds is 3. The fourth-order valence-corrected chi connectivity index (χ4v) is 3.33. The topological polar surface area (TPSA) is 65.5 Å². The van der Waals surface area contributed by atoms with Crippen LogP contribution in [0.4, 0.5) is 11.5 Å². The Morgan fingerprint density at radius 3 is 2.41 bits per heavy atom. The maximum atomic E-state index is 12.6. The highest BCUT2D eigenvalue weighted by molar-refractivity contribution is 6.39. The molecule has 2 amide bonds. The van der Waals surface area contributed by atoms with Gasteiger partial charge < -0.3 is 15.1 Å². The second-order valence-corrected chi connectivity index (χ2v) is 7.12. The molecule has 1 aliphatic rings. The summed E-state index contributed by atoms with van der Waals surface area (Å²) >= 11 is 0. The van der Waals surface area contributed by atoms with E-state index in [-0.39, 0.29) is 5.92 Å². The van der Waals surface area contributed by atoms with Gasteiger partial charge in [0.25, 0.3) is 0 Å². The summed E-state index contributed by atoms with van der Waals surface area (Å²) in [6, 6.07) is 11.7. The predicted octanol–water partition coefficient (Wildman–Crippen LogP) is 2.80. The summed E-state index contributed by atoms with van der Waals surface area (Å²) in [5.74, 6) is 0.110. The van der Waals surface area contributed by atoms with Crippen LogP contribution in [0.15, 0.2) is 42.6 Å². The lowest BCUT2D eigenvalue weighted by Gasteiger charge is -2.35. The molecule has 27 heavy (non-hydrogen) atoms. The van der Waals surface area contributed by atoms with Crippen molar-refractivity contribution in [1.82, 2.24) is 9.88 Å². The van der Waals surface area contributed by atoms with E-state index in [1.165, 1.54) is 0 Å². The van der Waals surface area contributed by atoms with Gasteiger partial charge >= 0.3 is 11.8 Å². The molecule has 6 heteroatoms. The average Bonchev–Trinajstić information content (AvgIpc) is 2.69. The predicted molar refractivity (Wildman–Crippen MR) is 107 cm³/mol. The number of para-hydroxylation sites is 1. The normalized spacial score (nSPS) is 14.4. The largest absolute Gasteiger partial charge is 0.353 e. The molecule has 0 saturated carbocycles. The van der Waals surface area contributed by atoms with E-state index in [0.717, 1.165) is 22.6 Å². The van der Waals surface area contributed by atoms with Crippen molar-refractivity contribution >= 4 is 23.3 Å². The third-order valence-electron chi connectivity index (χ3n) is 4.90. The van der Waals surface area contributed by atoms with E-state index in [1.807, 2.05) is 43.3 Å². The number of amides is 2. The molecule has 0 bridgehead atoms. The van der Waals surface area contributed by atoms with Gasteiger partial charge in [0.05, 0.1) is 0 Å². The SMILES string of the molecule is Cc1cccc(C(C)C)c1NC(=O)C(=O)N1CCN(c2ccccn2)CC1. The van der Waals surface area contributed by atoms with E-state index in [2.05, 4.69) is 29.0 Å². The van der Waals surface area contributed by atoms with Gasteiger partial charge in [-0.3, -0.25) is 9.59 Å². The Balaban J connectivity index is 1.63. The third kappa shape index (κ3) is 4.27. The number of carbonyl (C=O) groups is 2. The molecule has 6 nitrogen and oxygen atoms in total. The molecule has 1 aliphatic heterocycles. The van der Waals surface area contributed by atoms with E-state index in [0.29, 0.717) is 26.2 Å². The summed E-state index contributed by atoms with van der Waals surface area (Å²) in [6.07, 6.45) is 1.76. The minimum Gasteiger partial charge on any atom is -0.353 e. The summed E-state index contributed by atoms with van der Waals surface area (Å²) in [4.78, 5) is 33.3. The van der Waals surface area contributed by atoms with Gasteiger partial charge in [-0.15, -0.1) is 0 Å². The molecule has 1 saturated heterocycles. The summed E-state index contributed by atoms with van der Waals surface area (Å²) in [5.41, 5.74) is 2.75. The highest BCUT2D eigenvalue weighted by Gasteiger charge is 2.27. The second kappa shape index (κ2) is 8.20. The molecule has 1 aromatic heterocycles. The van der Waals surface area contributed by atoms with Crippen LogP contribution in [0, 0.1) is 6.92 Å². The Kier molecular flexibility index (Phi) is 5.74. The zero-order valence-corrected chi connectivity index (χ0v) is 16.1. The molecule has 142 valence electrons. The summed E-state index contributed by atoms with van der Waals surface area (Å²) < 4.78 is 0. The molecule has 1 fully saturated rings. The molecule has 3 rings (SSSR count). The van der Waals surface area contributed by atoms with Crippen LogP contribution in [0.25, 0.3) is 0 Å². The minimum atomic E-state index is -0.572. The van der Waals surface area contributed by atoms with E-state index >= 15 is 0 Å². The van der Waals surface area contributed by atoms with E-state index in [1.54, 1.807) is 11.1 Å². The van der Waals surface area contributed by atoms with E-state index < -0.39 is 11.8 Å². The van der Waals surface area contributed by atoms with Crippen molar-refractivity contribution in [3.63, 3.8) is 0 Å².